The van der Waals surface area contributed by atoms with Gasteiger partial charge in [-0.3, -0.25) is 9.59 Å². The summed E-state index contributed by atoms with van der Waals surface area (Å²) in [6.07, 6.45) is 3.63. The Bertz CT molecular complexity index is 650. The monoisotopic (exact) mass is 328 g/mol. The van der Waals surface area contributed by atoms with Crippen LogP contribution in [-0.4, -0.2) is 28.5 Å². The Labute approximate surface area is 142 Å². The Hall–Kier alpha value is -2.56. The summed E-state index contributed by atoms with van der Waals surface area (Å²) < 4.78 is 0. The normalized spacial score (nSPS) is 10.5. The molecular formula is C19H24N2O3. The van der Waals surface area contributed by atoms with Crippen molar-refractivity contribution in [1.82, 2.24) is 10.3 Å². The van der Waals surface area contributed by atoms with Crippen LogP contribution in [0.3, 0.4) is 0 Å². The van der Waals surface area contributed by atoms with E-state index >= 15 is 0 Å². The SMILES string of the molecule is O=C(O)CCCCCNC(=O)CCc1ccc(-c2ccccc2)[nH]1. The number of nitrogens with one attached hydrogen (secondary N) is 2. The molecule has 0 aliphatic heterocycles. The van der Waals surface area contributed by atoms with Crippen molar-refractivity contribution >= 4 is 11.9 Å². The molecule has 2 rings (SSSR count). The fraction of sp³-hybridized carbons (Fsp3) is 0.368. The number of carboxylic acids is 1. The van der Waals surface area contributed by atoms with Gasteiger partial charge in [-0.2, -0.15) is 0 Å². The quantitative estimate of drug-likeness (QED) is 0.585. The predicted octanol–water partition coefficient (Wildman–Crippen LogP) is 3.38. The number of aryl methyl sites for hydroxylation is 1. The number of hydrogen-bond acceptors (Lipinski definition) is 2. The highest BCUT2D eigenvalue weighted by atomic mass is 16.4. The van der Waals surface area contributed by atoms with Crippen LogP contribution < -0.4 is 5.32 Å². The smallest absolute Gasteiger partial charge is 0.303 e. The van der Waals surface area contributed by atoms with Crippen LogP contribution in [0.5, 0.6) is 0 Å². The molecule has 0 aliphatic rings. The van der Waals surface area contributed by atoms with E-state index in [0.717, 1.165) is 29.8 Å². The lowest BCUT2D eigenvalue weighted by molar-refractivity contribution is -0.137. The first kappa shape index (κ1) is 17.8. The highest BCUT2D eigenvalue weighted by Gasteiger charge is 2.05. The second kappa shape index (κ2) is 9.55. The third-order valence-electron chi connectivity index (χ3n) is 3.84. The number of rotatable bonds is 10. The number of aromatic amines is 1. The molecule has 1 amide bonds. The zero-order valence-corrected chi connectivity index (χ0v) is 13.8. The number of carboxylic acid groups (broad SMARTS) is 1. The second-order valence-electron chi connectivity index (χ2n) is 5.82. The van der Waals surface area contributed by atoms with E-state index in [1.54, 1.807) is 0 Å². The van der Waals surface area contributed by atoms with Crippen LogP contribution in [0.4, 0.5) is 0 Å². The molecular weight excluding hydrogens is 304 g/mol. The summed E-state index contributed by atoms with van der Waals surface area (Å²) in [4.78, 5) is 25.5. The van der Waals surface area contributed by atoms with Gasteiger partial charge in [0.2, 0.25) is 5.91 Å². The van der Waals surface area contributed by atoms with Crippen LogP contribution >= 0.6 is 0 Å². The number of carbonyl (C=O) groups excluding carboxylic acids is 1. The lowest BCUT2D eigenvalue weighted by Gasteiger charge is -2.04. The molecule has 128 valence electrons. The molecule has 0 aliphatic carbocycles. The lowest BCUT2D eigenvalue weighted by atomic mass is 10.2. The van der Waals surface area contributed by atoms with E-state index < -0.39 is 5.97 Å². The van der Waals surface area contributed by atoms with Gasteiger partial charge in [0.1, 0.15) is 0 Å². The molecule has 0 saturated heterocycles. The molecule has 0 saturated carbocycles. The maximum Gasteiger partial charge on any atom is 0.303 e. The summed E-state index contributed by atoms with van der Waals surface area (Å²) in [5.41, 5.74) is 3.24. The van der Waals surface area contributed by atoms with Crippen molar-refractivity contribution in [2.45, 2.75) is 38.5 Å². The van der Waals surface area contributed by atoms with Crippen molar-refractivity contribution < 1.29 is 14.7 Å². The minimum absolute atomic E-state index is 0.0316. The second-order valence-corrected chi connectivity index (χ2v) is 5.82. The number of unbranched alkanes of at least 4 members (excludes halogenated alkanes) is 2. The summed E-state index contributed by atoms with van der Waals surface area (Å²) >= 11 is 0. The van der Waals surface area contributed by atoms with E-state index in [0.29, 0.717) is 25.8 Å². The molecule has 3 N–H and O–H groups in total. The third-order valence-corrected chi connectivity index (χ3v) is 3.84. The third kappa shape index (κ3) is 6.28. The molecule has 5 nitrogen and oxygen atoms in total. The first-order valence-electron chi connectivity index (χ1n) is 8.37. The molecule has 24 heavy (non-hydrogen) atoms. The maximum atomic E-state index is 11.8. The van der Waals surface area contributed by atoms with E-state index in [4.69, 9.17) is 5.11 Å². The summed E-state index contributed by atoms with van der Waals surface area (Å²) in [7, 11) is 0. The Balaban J connectivity index is 1.64. The van der Waals surface area contributed by atoms with Gasteiger partial charge in [0.05, 0.1) is 0 Å². The van der Waals surface area contributed by atoms with Crippen molar-refractivity contribution in [3.8, 4) is 11.3 Å². The zero-order valence-electron chi connectivity index (χ0n) is 13.8. The van der Waals surface area contributed by atoms with E-state index in [9.17, 15) is 9.59 Å². The van der Waals surface area contributed by atoms with Gasteiger partial charge in [0.15, 0.2) is 0 Å². The first-order chi connectivity index (χ1) is 11.6. The molecule has 0 spiro atoms. The maximum absolute atomic E-state index is 11.8. The Morgan fingerprint density at radius 1 is 0.958 bits per heavy atom. The number of carbonyl (C=O) groups is 2. The van der Waals surface area contributed by atoms with E-state index in [1.807, 2.05) is 42.5 Å². The van der Waals surface area contributed by atoms with Gasteiger partial charge in [-0.15, -0.1) is 0 Å². The zero-order chi connectivity index (χ0) is 17.2. The summed E-state index contributed by atoms with van der Waals surface area (Å²) in [5.74, 6) is -0.732. The van der Waals surface area contributed by atoms with Gasteiger partial charge in [0, 0.05) is 30.8 Å². The molecule has 2 aromatic rings. The fourth-order valence-electron chi connectivity index (χ4n) is 2.51. The number of benzene rings is 1. The average molecular weight is 328 g/mol. The van der Waals surface area contributed by atoms with Crippen LogP contribution in [0.15, 0.2) is 42.5 Å². The Morgan fingerprint density at radius 2 is 1.75 bits per heavy atom. The van der Waals surface area contributed by atoms with E-state index in [1.165, 1.54) is 0 Å². The van der Waals surface area contributed by atoms with Gasteiger partial charge >= 0.3 is 5.97 Å². The van der Waals surface area contributed by atoms with Gasteiger partial charge in [-0.25, -0.2) is 0 Å². The number of aliphatic carboxylic acids is 1. The molecule has 5 heteroatoms. The van der Waals surface area contributed by atoms with Crippen LogP contribution in [-0.2, 0) is 16.0 Å². The molecule has 0 unspecified atom stereocenters. The van der Waals surface area contributed by atoms with Crippen LogP contribution in [0.1, 0.15) is 37.8 Å². The lowest BCUT2D eigenvalue weighted by Crippen LogP contribution is -2.24. The fourth-order valence-corrected chi connectivity index (χ4v) is 2.51. The summed E-state index contributed by atoms with van der Waals surface area (Å²) in [6, 6.07) is 14.1. The number of hydrogen-bond donors (Lipinski definition) is 3. The highest BCUT2D eigenvalue weighted by molar-refractivity contribution is 5.76. The molecule has 0 atom stereocenters. The van der Waals surface area contributed by atoms with Crippen LogP contribution in [0.2, 0.25) is 0 Å². The van der Waals surface area contributed by atoms with Gasteiger partial charge in [-0.05, 0) is 37.0 Å². The van der Waals surface area contributed by atoms with Crippen molar-refractivity contribution in [2.75, 3.05) is 6.54 Å². The van der Waals surface area contributed by atoms with Crippen LogP contribution in [0, 0.1) is 0 Å². The molecule has 0 bridgehead atoms. The van der Waals surface area contributed by atoms with Crippen molar-refractivity contribution in [3.63, 3.8) is 0 Å². The van der Waals surface area contributed by atoms with E-state index in [2.05, 4.69) is 10.3 Å². The summed E-state index contributed by atoms with van der Waals surface area (Å²) in [5, 5.41) is 11.4. The van der Waals surface area contributed by atoms with Crippen LogP contribution in [0.25, 0.3) is 11.3 Å². The van der Waals surface area contributed by atoms with Gasteiger partial charge < -0.3 is 15.4 Å². The standard InChI is InChI=1S/C19H24N2O3/c22-18(20-14-6-2-5-9-19(23)24)13-11-16-10-12-17(21-16)15-7-3-1-4-8-15/h1,3-4,7-8,10,12,21H,2,5-6,9,11,13-14H2,(H,20,22)(H,23,24). The van der Waals surface area contributed by atoms with E-state index in [-0.39, 0.29) is 12.3 Å². The van der Waals surface area contributed by atoms with Gasteiger partial charge in [0.25, 0.3) is 0 Å². The molecule has 1 aromatic heterocycles. The predicted molar refractivity (Wildman–Crippen MR) is 93.7 cm³/mol. The van der Waals surface area contributed by atoms with Crippen molar-refractivity contribution in [1.29, 1.82) is 0 Å². The minimum Gasteiger partial charge on any atom is -0.481 e. The molecule has 0 radical (unpaired) electrons. The Morgan fingerprint density at radius 3 is 2.50 bits per heavy atom. The molecule has 1 heterocycles. The topological polar surface area (TPSA) is 82.2 Å². The molecule has 1 aromatic carbocycles. The molecule has 0 fully saturated rings. The largest absolute Gasteiger partial charge is 0.481 e. The minimum atomic E-state index is -0.764. The van der Waals surface area contributed by atoms with Crippen molar-refractivity contribution in [3.05, 3.63) is 48.2 Å². The average Bonchev–Trinajstić information content (AvgIpc) is 3.06. The number of amides is 1. The number of aromatic nitrogens is 1. The van der Waals surface area contributed by atoms with Gasteiger partial charge in [-0.1, -0.05) is 36.8 Å². The van der Waals surface area contributed by atoms with Crippen molar-refractivity contribution in [2.24, 2.45) is 0 Å². The highest BCUT2D eigenvalue weighted by Crippen LogP contribution is 2.18. The Kier molecular flexibility index (Phi) is 7.08. The summed E-state index contributed by atoms with van der Waals surface area (Å²) in [6.45, 7) is 0.610. The first-order valence-corrected chi connectivity index (χ1v) is 8.37. The number of H-pyrrole nitrogens is 1.